The summed E-state index contributed by atoms with van der Waals surface area (Å²) in [6, 6.07) is 5.73. The van der Waals surface area contributed by atoms with Gasteiger partial charge in [-0.25, -0.2) is 4.79 Å². The molecule has 28 heavy (non-hydrogen) atoms. The molecule has 1 aliphatic rings. The van der Waals surface area contributed by atoms with Crippen molar-refractivity contribution in [3.05, 3.63) is 47.3 Å². The maximum absolute atomic E-state index is 12.3. The lowest BCUT2D eigenvalue weighted by molar-refractivity contribution is 0.0527. The van der Waals surface area contributed by atoms with E-state index in [1.807, 2.05) is 44.2 Å². The monoisotopic (exact) mass is 387 g/mol. The second-order valence-electron chi connectivity index (χ2n) is 5.84. The fraction of sp³-hybridized carbons (Fsp3) is 0.381. The number of carbonyl (C=O) groups excluding carboxylic acids is 1. The standard InChI is InChI=1S/C19H23N3O4.C2H6/c1-2-25-19(24)14-11-22-17-16(14)13-10-12(4-3-7-21-8-9-23)5-6-15(13)26-18(17)20;1-2/h3-6,10-11,18,21-23H,2,7-9,20H2,1H3;1-2H3. The molecule has 3 rings (SSSR count). The Morgan fingerprint density at radius 3 is 2.93 bits per heavy atom. The maximum atomic E-state index is 12.3. The molecule has 0 aliphatic carbocycles. The first kappa shape index (κ1) is 21.7. The van der Waals surface area contributed by atoms with Crippen LogP contribution in [0.2, 0.25) is 0 Å². The van der Waals surface area contributed by atoms with Crippen molar-refractivity contribution in [2.75, 3.05) is 26.3 Å². The van der Waals surface area contributed by atoms with Crippen molar-refractivity contribution >= 4 is 12.0 Å². The van der Waals surface area contributed by atoms with Gasteiger partial charge >= 0.3 is 5.97 Å². The first-order valence-electron chi connectivity index (χ1n) is 9.58. The van der Waals surface area contributed by atoms with E-state index in [9.17, 15) is 4.79 Å². The fourth-order valence-electron chi connectivity index (χ4n) is 2.93. The van der Waals surface area contributed by atoms with E-state index in [1.54, 1.807) is 13.1 Å². The van der Waals surface area contributed by atoms with Gasteiger partial charge in [0.25, 0.3) is 0 Å². The SMILES string of the molecule is CC.CCOC(=O)c1c[nH]c2c1-c1cc(C=CCNCCO)ccc1OC2N. The third-order valence-electron chi connectivity index (χ3n) is 4.08. The zero-order chi connectivity index (χ0) is 20.5. The molecule has 0 radical (unpaired) electrons. The smallest absolute Gasteiger partial charge is 0.340 e. The van der Waals surface area contributed by atoms with E-state index in [0.29, 0.717) is 36.7 Å². The highest BCUT2D eigenvalue weighted by molar-refractivity contribution is 5.99. The number of rotatable bonds is 7. The number of fused-ring (bicyclic) bond motifs is 3. The number of aliphatic hydroxyl groups excluding tert-OH is 1. The fourth-order valence-corrected chi connectivity index (χ4v) is 2.93. The van der Waals surface area contributed by atoms with Gasteiger partial charge in [-0.15, -0.1) is 0 Å². The highest BCUT2D eigenvalue weighted by Gasteiger charge is 2.30. The van der Waals surface area contributed by atoms with E-state index in [-0.39, 0.29) is 12.6 Å². The average molecular weight is 387 g/mol. The minimum absolute atomic E-state index is 0.108. The third kappa shape index (κ3) is 4.81. The summed E-state index contributed by atoms with van der Waals surface area (Å²) in [5, 5.41) is 11.8. The van der Waals surface area contributed by atoms with E-state index < -0.39 is 6.23 Å². The molecule has 1 unspecified atom stereocenters. The number of aromatic amines is 1. The topological polar surface area (TPSA) is 110 Å². The van der Waals surface area contributed by atoms with Gasteiger partial charge in [0.2, 0.25) is 0 Å². The number of carbonyl (C=O) groups is 1. The van der Waals surface area contributed by atoms with Crippen LogP contribution >= 0.6 is 0 Å². The van der Waals surface area contributed by atoms with Gasteiger partial charge in [-0.3, -0.25) is 5.73 Å². The predicted octanol–water partition coefficient (Wildman–Crippen LogP) is 2.83. The first-order valence-corrected chi connectivity index (χ1v) is 9.58. The molecule has 2 heterocycles. The molecule has 1 atom stereocenters. The lowest BCUT2D eigenvalue weighted by atomic mass is 9.95. The van der Waals surface area contributed by atoms with Crippen LogP contribution in [-0.2, 0) is 4.74 Å². The number of hydrogen-bond donors (Lipinski definition) is 4. The average Bonchev–Trinajstić information content (AvgIpc) is 3.16. The van der Waals surface area contributed by atoms with E-state index in [1.165, 1.54) is 0 Å². The molecule has 0 fully saturated rings. The van der Waals surface area contributed by atoms with Gasteiger partial charge < -0.3 is 24.9 Å². The molecule has 1 aromatic carbocycles. The molecule has 0 amide bonds. The van der Waals surface area contributed by atoms with Gasteiger partial charge in [0.05, 0.1) is 24.5 Å². The van der Waals surface area contributed by atoms with E-state index in [4.69, 9.17) is 20.3 Å². The Kier molecular flexibility index (Phi) is 8.25. The van der Waals surface area contributed by atoms with Crippen LogP contribution in [0.3, 0.4) is 0 Å². The third-order valence-corrected chi connectivity index (χ3v) is 4.08. The van der Waals surface area contributed by atoms with Crippen molar-refractivity contribution < 1.29 is 19.4 Å². The van der Waals surface area contributed by atoms with Crippen LogP contribution in [0.15, 0.2) is 30.5 Å². The van der Waals surface area contributed by atoms with Crippen molar-refractivity contribution in [1.82, 2.24) is 10.3 Å². The van der Waals surface area contributed by atoms with Gasteiger partial charge in [-0.2, -0.15) is 0 Å². The molecule has 1 aliphatic heterocycles. The molecular formula is C21H29N3O4. The van der Waals surface area contributed by atoms with E-state index in [0.717, 1.165) is 16.7 Å². The largest absolute Gasteiger partial charge is 0.469 e. The van der Waals surface area contributed by atoms with Crippen molar-refractivity contribution in [3.8, 4) is 16.9 Å². The summed E-state index contributed by atoms with van der Waals surface area (Å²) in [5.74, 6) is 0.241. The summed E-state index contributed by atoms with van der Waals surface area (Å²) in [6.45, 7) is 7.39. The van der Waals surface area contributed by atoms with Gasteiger partial charge in [0, 0.05) is 30.4 Å². The Labute approximate surface area is 165 Å². The molecule has 0 saturated heterocycles. The molecule has 7 heteroatoms. The minimum atomic E-state index is -0.662. The highest BCUT2D eigenvalue weighted by Crippen LogP contribution is 2.43. The Bertz CT molecular complexity index is 814. The van der Waals surface area contributed by atoms with E-state index in [2.05, 4.69) is 10.3 Å². The number of H-pyrrole nitrogens is 1. The molecular weight excluding hydrogens is 358 g/mol. The molecule has 152 valence electrons. The molecule has 7 nitrogen and oxygen atoms in total. The number of aliphatic hydroxyl groups is 1. The van der Waals surface area contributed by atoms with E-state index >= 15 is 0 Å². The summed E-state index contributed by atoms with van der Waals surface area (Å²) >= 11 is 0. The van der Waals surface area contributed by atoms with Gasteiger partial charge in [-0.1, -0.05) is 32.1 Å². The van der Waals surface area contributed by atoms with Crippen molar-refractivity contribution in [3.63, 3.8) is 0 Å². The number of nitrogens with two attached hydrogens (primary N) is 1. The number of esters is 1. The summed E-state index contributed by atoms with van der Waals surface area (Å²) in [5.41, 5.74) is 9.67. The number of nitrogens with one attached hydrogen (secondary N) is 2. The molecule has 0 saturated carbocycles. The second kappa shape index (κ2) is 10.7. The Hall–Kier alpha value is -2.61. The molecule has 5 N–H and O–H groups in total. The van der Waals surface area contributed by atoms with Gasteiger partial charge in [0.15, 0.2) is 6.23 Å². The number of hydrogen-bond acceptors (Lipinski definition) is 6. The summed E-state index contributed by atoms with van der Waals surface area (Å²) < 4.78 is 10.9. The summed E-state index contributed by atoms with van der Waals surface area (Å²) in [6.07, 6.45) is 4.89. The molecule has 0 bridgehead atoms. The maximum Gasteiger partial charge on any atom is 0.340 e. The van der Waals surface area contributed by atoms with Gasteiger partial charge in [-0.05, 0) is 24.6 Å². The van der Waals surface area contributed by atoms with Crippen LogP contribution in [0, 0.1) is 0 Å². The van der Waals surface area contributed by atoms with Crippen LogP contribution in [0.1, 0.15) is 48.6 Å². The van der Waals surface area contributed by atoms with Crippen molar-refractivity contribution in [2.24, 2.45) is 5.73 Å². The lowest BCUT2D eigenvalue weighted by Gasteiger charge is -2.24. The van der Waals surface area contributed by atoms with Crippen LogP contribution < -0.4 is 15.8 Å². The Balaban J connectivity index is 0.00000136. The zero-order valence-corrected chi connectivity index (χ0v) is 16.6. The lowest BCUT2D eigenvalue weighted by Crippen LogP contribution is -2.22. The van der Waals surface area contributed by atoms with Gasteiger partial charge in [0.1, 0.15) is 5.75 Å². The zero-order valence-electron chi connectivity index (χ0n) is 16.6. The summed E-state index contributed by atoms with van der Waals surface area (Å²) in [4.78, 5) is 15.3. The molecule has 0 spiro atoms. The number of ether oxygens (including phenoxy) is 2. The number of benzene rings is 1. The molecule has 1 aromatic heterocycles. The molecule has 2 aromatic rings. The highest BCUT2D eigenvalue weighted by atomic mass is 16.5. The van der Waals surface area contributed by atoms with Crippen LogP contribution in [0.25, 0.3) is 17.2 Å². The van der Waals surface area contributed by atoms with Crippen LogP contribution in [0.4, 0.5) is 0 Å². The second-order valence-corrected chi connectivity index (χ2v) is 5.84. The predicted molar refractivity (Wildman–Crippen MR) is 110 cm³/mol. The van der Waals surface area contributed by atoms with Crippen molar-refractivity contribution in [1.29, 1.82) is 0 Å². The van der Waals surface area contributed by atoms with Crippen LogP contribution in [-0.4, -0.2) is 42.4 Å². The Morgan fingerprint density at radius 2 is 2.21 bits per heavy atom. The van der Waals surface area contributed by atoms with Crippen LogP contribution in [0.5, 0.6) is 5.75 Å². The first-order chi connectivity index (χ1) is 13.7. The Morgan fingerprint density at radius 1 is 1.43 bits per heavy atom. The normalized spacial score (nSPS) is 14.5. The quantitative estimate of drug-likeness (QED) is 0.430. The van der Waals surface area contributed by atoms with Crippen molar-refractivity contribution in [2.45, 2.75) is 27.0 Å². The number of aromatic nitrogens is 1. The summed E-state index contributed by atoms with van der Waals surface area (Å²) in [7, 11) is 0. The minimum Gasteiger partial charge on any atom is -0.469 e.